The first-order chi connectivity index (χ1) is 24.9. The number of carbonyl (C=O) groups is 4. The molecular weight excluding hydrogens is 695 g/mol. The van der Waals surface area contributed by atoms with Gasteiger partial charge < -0.3 is 20.3 Å². The second kappa shape index (κ2) is 14.2. The van der Waals surface area contributed by atoms with Crippen LogP contribution < -0.4 is 20.1 Å². The molecular formula is C35H39FN8O7S. The molecule has 274 valence electrons. The van der Waals surface area contributed by atoms with Crippen molar-refractivity contribution in [2.75, 3.05) is 6.54 Å². The third kappa shape index (κ3) is 7.31. The summed E-state index contributed by atoms with van der Waals surface area (Å²) in [5.74, 6) is -3.70. The quantitative estimate of drug-likeness (QED) is 0.300. The van der Waals surface area contributed by atoms with E-state index < -0.39 is 74.4 Å². The van der Waals surface area contributed by atoms with Gasteiger partial charge in [-0.3, -0.25) is 28.9 Å². The second-order valence-corrected chi connectivity index (χ2v) is 15.8. The molecule has 17 heteroatoms. The van der Waals surface area contributed by atoms with Crippen LogP contribution in [0.25, 0.3) is 11.0 Å². The summed E-state index contributed by atoms with van der Waals surface area (Å²) in [7, 11) is -3.91. The number of amides is 4. The van der Waals surface area contributed by atoms with E-state index in [1.807, 2.05) is 12.2 Å². The van der Waals surface area contributed by atoms with Gasteiger partial charge in [-0.1, -0.05) is 31.1 Å². The van der Waals surface area contributed by atoms with E-state index in [0.717, 1.165) is 12.8 Å². The number of aromatic nitrogens is 4. The lowest BCUT2D eigenvalue weighted by Crippen LogP contribution is -2.58. The Morgan fingerprint density at radius 3 is 2.69 bits per heavy atom. The first-order valence-electron chi connectivity index (χ1n) is 17.5. The van der Waals surface area contributed by atoms with E-state index in [4.69, 9.17) is 4.74 Å². The number of benzene rings is 1. The molecule has 3 fully saturated rings. The number of sulfonamides is 1. The molecule has 7 rings (SSSR count). The van der Waals surface area contributed by atoms with Crippen molar-refractivity contribution in [3.63, 3.8) is 0 Å². The Morgan fingerprint density at radius 2 is 1.92 bits per heavy atom. The molecule has 2 aliphatic heterocycles. The summed E-state index contributed by atoms with van der Waals surface area (Å²) < 4.78 is 48.6. The van der Waals surface area contributed by atoms with Gasteiger partial charge in [0, 0.05) is 24.7 Å². The summed E-state index contributed by atoms with van der Waals surface area (Å²) in [4.78, 5) is 73.6. The number of fused-ring (bicyclic) bond motifs is 3. The molecule has 1 saturated heterocycles. The van der Waals surface area contributed by atoms with Crippen molar-refractivity contribution >= 4 is 44.7 Å². The smallest absolute Gasteiger partial charge is 0.272 e. The van der Waals surface area contributed by atoms with E-state index in [1.165, 1.54) is 35.6 Å². The zero-order valence-electron chi connectivity index (χ0n) is 28.5. The van der Waals surface area contributed by atoms with Gasteiger partial charge in [-0.05, 0) is 57.6 Å². The standard InChI is InChI=1S/C35H39FN8O7S/c1-20-32(41-29-24(36)9-7-11-25(29)39-20)51-22-16-28-31(46)42-35(34(48)43-52(49,50)23-12-13-23)17-21(35)8-5-3-2-4-6-10-26(33(47)44(28)19-22)40-30(45)27-18-37-14-15-38-27/h5,7-9,11,14-15,18,21-23,26,28H,2-4,6,10,12-13,16-17,19H2,1H3,(H,40,45)(H,42,46)(H,43,48)/b8-5-. The molecule has 3 N–H and O–H groups in total. The Morgan fingerprint density at radius 1 is 1.10 bits per heavy atom. The molecule has 1 aromatic carbocycles. The number of halogens is 1. The molecule has 0 bridgehead atoms. The molecule has 2 aromatic heterocycles. The summed E-state index contributed by atoms with van der Waals surface area (Å²) in [6.45, 7) is 1.54. The minimum absolute atomic E-state index is 0.00140. The number of aryl methyl sites for hydroxylation is 1. The average Bonchev–Trinajstić information content (AvgIpc) is 4.05. The molecule has 5 atom stereocenters. The van der Waals surface area contributed by atoms with Gasteiger partial charge >= 0.3 is 0 Å². The number of para-hydroxylation sites is 1. The third-order valence-corrected chi connectivity index (χ3v) is 11.8. The Labute approximate surface area is 299 Å². The van der Waals surface area contributed by atoms with Crippen molar-refractivity contribution in [1.29, 1.82) is 0 Å². The number of hydrogen-bond donors (Lipinski definition) is 3. The van der Waals surface area contributed by atoms with E-state index >= 15 is 0 Å². The van der Waals surface area contributed by atoms with Crippen LogP contribution in [-0.2, 0) is 24.4 Å². The molecule has 0 spiro atoms. The molecule has 4 aliphatic rings. The van der Waals surface area contributed by atoms with Gasteiger partial charge in [0.2, 0.25) is 27.7 Å². The maximum absolute atomic E-state index is 14.7. The maximum Gasteiger partial charge on any atom is 0.272 e. The predicted molar refractivity (Wildman–Crippen MR) is 183 cm³/mol. The second-order valence-electron chi connectivity index (χ2n) is 13.8. The Bertz CT molecular complexity index is 2050. The Balaban J connectivity index is 1.20. The predicted octanol–water partition coefficient (Wildman–Crippen LogP) is 2.02. The van der Waals surface area contributed by atoms with Crippen LogP contribution in [0.1, 0.15) is 74.0 Å². The summed E-state index contributed by atoms with van der Waals surface area (Å²) in [6, 6.07) is 2.17. The number of ether oxygens (including phenoxy) is 1. The van der Waals surface area contributed by atoms with E-state index in [-0.39, 0.29) is 42.9 Å². The Kier molecular flexibility index (Phi) is 9.63. The SMILES string of the molecule is Cc1nc2cccc(F)c2nc1OC1CC2C(=O)NC3(C(=O)NS(=O)(=O)C4CC4)CC3/C=C\CCCCCC(NC(=O)c3cnccn3)C(=O)N2C1. The minimum Gasteiger partial charge on any atom is -0.471 e. The first-order valence-corrected chi connectivity index (χ1v) is 19.0. The lowest BCUT2D eigenvalue weighted by Gasteiger charge is -2.29. The molecule has 5 unspecified atom stereocenters. The maximum atomic E-state index is 14.7. The number of nitrogens with zero attached hydrogens (tertiary/aromatic N) is 5. The van der Waals surface area contributed by atoms with Crippen LogP contribution in [0.4, 0.5) is 4.39 Å². The molecule has 3 aromatic rings. The number of hydrogen-bond acceptors (Lipinski definition) is 11. The van der Waals surface area contributed by atoms with Crippen LogP contribution in [0.5, 0.6) is 5.88 Å². The van der Waals surface area contributed by atoms with Crippen LogP contribution in [0.3, 0.4) is 0 Å². The van der Waals surface area contributed by atoms with Gasteiger partial charge in [-0.2, -0.15) is 0 Å². The van der Waals surface area contributed by atoms with Crippen LogP contribution in [0.2, 0.25) is 0 Å². The fourth-order valence-electron chi connectivity index (χ4n) is 6.88. The van der Waals surface area contributed by atoms with E-state index in [1.54, 1.807) is 13.0 Å². The Hall–Kier alpha value is -5.06. The van der Waals surface area contributed by atoms with Crippen LogP contribution >= 0.6 is 0 Å². The highest BCUT2D eigenvalue weighted by Crippen LogP contribution is 2.46. The number of carbonyl (C=O) groups excluding carboxylic acids is 4. The molecule has 2 saturated carbocycles. The number of allylic oxidation sites excluding steroid dienone is 1. The first kappa shape index (κ1) is 35.3. The van der Waals surface area contributed by atoms with E-state index in [0.29, 0.717) is 36.9 Å². The van der Waals surface area contributed by atoms with Crippen molar-refractivity contribution in [2.45, 2.75) is 93.7 Å². The molecule has 4 amide bonds. The van der Waals surface area contributed by atoms with Crippen molar-refractivity contribution in [2.24, 2.45) is 5.92 Å². The third-order valence-electron chi connectivity index (χ3n) is 10.00. The molecule has 0 radical (unpaired) electrons. The zero-order valence-corrected chi connectivity index (χ0v) is 29.3. The lowest BCUT2D eigenvalue weighted by molar-refractivity contribution is -0.141. The molecule has 2 aliphatic carbocycles. The summed E-state index contributed by atoms with van der Waals surface area (Å²) in [5, 5.41) is 4.95. The number of nitrogens with one attached hydrogen (secondary N) is 3. The van der Waals surface area contributed by atoms with Crippen LogP contribution in [0, 0.1) is 18.7 Å². The average molecular weight is 735 g/mol. The van der Waals surface area contributed by atoms with Gasteiger partial charge in [0.15, 0.2) is 5.82 Å². The lowest BCUT2D eigenvalue weighted by atomic mass is 10.0. The molecule has 15 nitrogen and oxygen atoms in total. The van der Waals surface area contributed by atoms with Gasteiger partial charge in [-0.15, -0.1) is 0 Å². The van der Waals surface area contributed by atoms with E-state index in [2.05, 4.69) is 35.3 Å². The highest BCUT2D eigenvalue weighted by molar-refractivity contribution is 7.91. The van der Waals surface area contributed by atoms with Crippen LogP contribution in [-0.4, -0.2) is 92.4 Å². The van der Waals surface area contributed by atoms with E-state index in [9.17, 15) is 32.0 Å². The van der Waals surface area contributed by atoms with Gasteiger partial charge in [-0.25, -0.2) is 27.8 Å². The summed E-state index contributed by atoms with van der Waals surface area (Å²) in [5.41, 5.74) is -0.827. The van der Waals surface area contributed by atoms with Crippen LogP contribution in [0.15, 0.2) is 48.9 Å². The van der Waals surface area contributed by atoms with Gasteiger partial charge in [0.05, 0.1) is 23.5 Å². The van der Waals surface area contributed by atoms with Crippen molar-refractivity contribution < 1.29 is 36.7 Å². The molecule has 52 heavy (non-hydrogen) atoms. The summed E-state index contributed by atoms with van der Waals surface area (Å²) >= 11 is 0. The normalized spacial score (nSPS) is 27.3. The van der Waals surface area contributed by atoms with Crippen molar-refractivity contribution in [3.8, 4) is 5.88 Å². The van der Waals surface area contributed by atoms with Gasteiger partial charge in [0.1, 0.15) is 40.6 Å². The van der Waals surface area contributed by atoms with Gasteiger partial charge in [0.25, 0.3) is 11.8 Å². The van der Waals surface area contributed by atoms with Crippen molar-refractivity contribution in [1.82, 2.24) is 40.2 Å². The fraction of sp³-hybridized carbons (Fsp3) is 0.486. The fourth-order valence-corrected chi connectivity index (χ4v) is 8.25. The summed E-state index contributed by atoms with van der Waals surface area (Å²) in [6.07, 6.45) is 11.0. The largest absolute Gasteiger partial charge is 0.471 e. The topological polar surface area (TPSA) is 203 Å². The number of rotatable bonds is 7. The molecule has 4 heterocycles. The van der Waals surface area contributed by atoms with Crippen molar-refractivity contribution in [3.05, 3.63) is 66.1 Å². The highest BCUT2D eigenvalue weighted by Gasteiger charge is 2.62. The monoisotopic (exact) mass is 734 g/mol. The zero-order chi connectivity index (χ0) is 36.6. The minimum atomic E-state index is -3.91. The highest BCUT2D eigenvalue weighted by atomic mass is 32.2.